The fourth-order valence-electron chi connectivity index (χ4n) is 2.39. The van der Waals surface area contributed by atoms with Gasteiger partial charge in [0.2, 0.25) is 0 Å². The van der Waals surface area contributed by atoms with Crippen LogP contribution >= 0.6 is 0 Å². The molecule has 0 aliphatic rings. The molecule has 0 aliphatic heterocycles. The number of carbonyl (C=O) groups excluding carboxylic acids is 2. The highest BCUT2D eigenvalue weighted by Crippen LogP contribution is 2.10. The fraction of sp³-hybridized carbons (Fsp3) is 0.550. The van der Waals surface area contributed by atoms with Crippen LogP contribution in [0.25, 0.3) is 0 Å². The van der Waals surface area contributed by atoms with Crippen LogP contribution in [0.5, 0.6) is 0 Å². The zero-order valence-electron chi connectivity index (χ0n) is 16.7. The number of hydrogen-bond donors (Lipinski definition) is 3. The Kier molecular flexibility index (Phi) is 9.84. The Hall–Kier alpha value is -2.77. The molecule has 0 saturated heterocycles. The lowest BCUT2D eigenvalue weighted by Crippen LogP contribution is -2.40. The van der Waals surface area contributed by atoms with E-state index in [0.717, 1.165) is 5.56 Å². The van der Waals surface area contributed by atoms with Crippen LogP contribution in [0.3, 0.4) is 0 Å². The van der Waals surface area contributed by atoms with Crippen LogP contribution in [0.2, 0.25) is 0 Å². The maximum atomic E-state index is 11.8. The van der Waals surface area contributed by atoms with Gasteiger partial charge in [-0.25, -0.2) is 9.59 Å². The van der Waals surface area contributed by atoms with Crippen molar-refractivity contribution in [1.29, 1.82) is 0 Å². The number of nitrogens with one attached hydrogen (secondary N) is 2. The van der Waals surface area contributed by atoms with Crippen LogP contribution < -0.4 is 10.6 Å². The van der Waals surface area contributed by atoms with Crippen molar-refractivity contribution in [2.24, 2.45) is 0 Å². The molecule has 0 unspecified atom stereocenters. The Morgan fingerprint density at radius 1 is 1.07 bits per heavy atom. The van der Waals surface area contributed by atoms with E-state index >= 15 is 0 Å². The van der Waals surface area contributed by atoms with Crippen LogP contribution in [-0.4, -0.2) is 41.4 Å². The summed E-state index contributed by atoms with van der Waals surface area (Å²) in [5.74, 6) is -0.997. The molecule has 0 spiro atoms. The van der Waals surface area contributed by atoms with E-state index in [9.17, 15) is 14.4 Å². The van der Waals surface area contributed by atoms with E-state index in [4.69, 9.17) is 14.6 Å². The third kappa shape index (κ3) is 11.8. The highest BCUT2D eigenvalue weighted by Gasteiger charge is 2.21. The van der Waals surface area contributed by atoms with Crippen molar-refractivity contribution in [2.75, 3.05) is 6.54 Å². The smallest absolute Gasteiger partial charge is 0.407 e. The normalized spacial score (nSPS) is 12.0. The highest BCUT2D eigenvalue weighted by atomic mass is 16.6. The second-order valence-corrected chi connectivity index (χ2v) is 7.43. The summed E-state index contributed by atoms with van der Waals surface area (Å²) in [4.78, 5) is 34.4. The second kappa shape index (κ2) is 11.8. The number of carboxylic acids is 1. The van der Waals surface area contributed by atoms with Crippen LogP contribution in [0, 0.1) is 0 Å². The summed E-state index contributed by atoms with van der Waals surface area (Å²) in [7, 11) is 0. The lowest BCUT2D eigenvalue weighted by molar-refractivity contribution is -0.137. The van der Waals surface area contributed by atoms with E-state index in [1.165, 1.54) is 0 Å². The van der Waals surface area contributed by atoms with Crippen molar-refractivity contribution in [1.82, 2.24) is 10.6 Å². The molecule has 0 radical (unpaired) electrons. The molecule has 0 aromatic heterocycles. The number of carboxylic acid groups (broad SMARTS) is 1. The lowest BCUT2D eigenvalue weighted by Gasteiger charge is -2.23. The number of aliphatic carboxylic acids is 1. The van der Waals surface area contributed by atoms with Gasteiger partial charge < -0.3 is 25.2 Å². The molecule has 0 bridgehead atoms. The lowest BCUT2D eigenvalue weighted by atomic mass is 10.1. The van der Waals surface area contributed by atoms with Gasteiger partial charge in [0.25, 0.3) is 0 Å². The van der Waals surface area contributed by atoms with Crippen molar-refractivity contribution in [3.05, 3.63) is 35.9 Å². The molecule has 156 valence electrons. The molecule has 1 rings (SSSR count). The Balaban J connectivity index is 2.24. The standard InChI is InChI=1S/C20H30N2O6/c1-20(2,3)28-19(26)22-16(13-17(23)24)11-7-8-12-21-18(25)27-14-15-9-5-4-6-10-15/h4-6,9-10,16H,7-8,11-14H2,1-3H3,(H,21,25)(H,22,26)(H,23,24)/t16-/m0/s1. The van der Waals surface area contributed by atoms with E-state index < -0.39 is 29.8 Å². The van der Waals surface area contributed by atoms with Crippen molar-refractivity contribution in [3.8, 4) is 0 Å². The summed E-state index contributed by atoms with van der Waals surface area (Å²) in [5.41, 5.74) is 0.254. The van der Waals surface area contributed by atoms with E-state index in [0.29, 0.717) is 25.8 Å². The number of carbonyl (C=O) groups is 3. The topological polar surface area (TPSA) is 114 Å². The van der Waals surface area contributed by atoms with Gasteiger partial charge in [-0.15, -0.1) is 0 Å². The van der Waals surface area contributed by atoms with Crippen molar-refractivity contribution in [2.45, 2.75) is 64.7 Å². The zero-order chi connectivity index (χ0) is 21.0. The van der Waals surface area contributed by atoms with Gasteiger partial charge in [0.05, 0.1) is 6.42 Å². The van der Waals surface area contributed by atoms with Gasteiger partial charge in [-0.1, -0.05) is 30.3 Å². The van der Waals surface area contributed by atoms with E-state index in [1.807, 2.05) is 30.3 Å². The maximum Gasteiger partial charge on any atom is 0.407 e. The van der Waals surface area contributed by atoms with Crippen LogP contribution in [0.1, 0.15) is 52.0 Å². The first-order chi connectivity index (χ1) is 13.2. The van der Waals surface area contributed by atoms with Crippen LogP contribution in [0.15, 0.2) is 30.3 Å². The molecule has 2 amide bonds. The van der Waals surface area contributed by atoms with Crippen LogP contribution in [-0.2, 0) is 20.9 Å². The number of ether oxygens (including phenoxy) is 2. The largest absolute Gasteiger partial charge is 0.481 e. The monoisotopic (exact) mass is 394 g/mol. The second-order valence-electron chi connectivity index (χ2n) is 7.43. The number of rotatable bonds is 10. The SMILES string of the molecule is CC(C)(C)OC(=O)N[C@@H](CCCCNC(=O)OCc1ccccc1)CC(=O)O. The van der Waals surface area contributed by atoms with Crippen molar-refractivity contribution < 1.29 is 29.0 Å². The molecule has 0 heterocycles. The summed E-state index contributed by atoms with van der Waals surface area (Å²) in [6.45, 7) is 5.82. The van der Waals surface area contributed by atoms with Gasteiger partial charge in [0.1, 0.15) is 12.2 Å². The first-order valence-corrected chi connectivity index (χ1v) is 9.31. The average molecular weight is 394 g/mol. The molecule has 28 heavy (non-hydrogen) atoms. The predicted molar refractivity (Wildman–Crippen MR) is 104 cm³/mol. The summed E-state index contributed by atoms with van der Waals surface area (Å²) < 4.78 is 10.3. The fourth-order valence-corrected chi connectivity index (χ4v) is 2.39. The third-order valence-corrected chi connectivity index (χ3v) is 3.60. The molecule has 0 aliphatic carbocycles. The molecule has 1 aromatic carbocycles. The Labute approximate surface area is 165 Å². The predicted octanol–water partition coefficient (Wildman–Crippen LogP) is 3.45. The van der Waals surface area contributed by atoms with E-state index in [-0.39, 0.29) is 13.0 Å². The van der Waals surface area contributed by atoms with Crippen molar-refractivity contribution >= 4 is 18.2 Å². The quantitative estimate of drug-likeness (QED) is 0.524. The Morgan fingerprint density at radius 2 is 1.75 bits per heavy atom. The molecular formula is C20H30N2O6. The van der Waals surface area contributed by atoms with Gasteiger partial charge >= 0.3 is 18.2 Å². The molecule has 0 saturated carbocycles. The third-order valence-electron chi connectivity index (χ3n) is 3.60. The number of alkyl carbamates (subject to hydrolysis) is 2. The summed E-state index contributed by atoms with van der Waals surface area (Å²) >= 11 is 0. The molecule has 3 N–H and O–H groups in total. The zero-order valence-corrected chi connectivity index (χ0v) is 16.7. The van der Waals surface area contributed by atoms with E-state index in [2.05, 4.69) is 10.6 Å². The highest BCUT2D eigenvalue weighted by molar-refractivity contribution is 5.71. The minimum atomic E-state index is -0.997. The molecule has 0 fully saturated rings. The number of hydrogen-bond acceptors (Lipinski definition) is 5. The van der Waals surface area contributed by atoms with Gasteiger partial charge in [-0.3, -0.25) is 4.79 Å². The summed E-state index contributed by atoms with van der Waals surface area (Å²) in [6, 6.07) is 8.84. The van der Waals surface area contributed by atoms with Gasteiger partial charge in [-0.05, 0) is 45.6 Å². The maximum absolute atomic E-state index is 11.8. The van der Waals surface area contributed by atoms with Crippen molar-refractivity contribution in [3.63, 3.8) is 0 Å². The minimum Gasteiger partial charge on any atom is -0.481 e. The number of amides is 2. The first kappa shape index (κ1) is 23.3. The molecule has 8 heteroatoms. The summed E-state index contributed by atoms with van der Waals surface area (Å²) in [5, 5.41) is 14.2. The summed E-state index contributed by atoms with van der Waals surface area (Å²) in [6.07, 6.45) is 0.399. The average Bonchev–Trinajstić information content (AvgIpc) is 2.58. The van der Waals surface area contributed by atoms with Gasteiger partial charge in [0, 0.05) is 12.6 Å². The molecule has 8 nitrogen and oxygen atoms in total. The molecular weight excluding hydrogens is 364 g/mol. The number of benzene rings is 1. The van der Waals surface area contributed by atoms with Crippen LogP contribution in [0.4, 0.5) is 9.59 Å². The number of unbranched alkanes of at least 4 members (excludes halogenated alkanes) is 1. The van der Waals surface area contributed by atoms with Gasteiger partial charge in [-0.2, -0.15) is 0 Å². The Bertz CT molecular complexity index is 627. The van der Waals surface area contributed by atoms with Gasteiger partial charge in [0.15, 0.2) is 0 Å². The minimum absolute atomic E-state index is 0.189. The first-order valence-electron chi connectivity index (χ1n) is 9.31. The molecule has 1 aromatic rings. The molecule has 1 atom stereocenters. The van der Waals surface area contributed by atoms with E-state index in [1.54, 1.807) is 20.8 Å². The Morgan fingerprint density at radius 3 is 2.36 bits per heavy atom.